The first-order valence-corrected chi connectivity index (χ1v) is 6.47. The molecule has 0 amide bonds. The highest BCUT2D eigenvalue weighted by Crippen LogP contribution is 2.19. The molecule has 0 radical (unpaired) electrons. The van der Waals surface area contributed by atoms with Crippen LogP contribution in [0.5, 0.6) is 5.75 Å². The maximum atomic E-state index is 5.27. The van der Waals surface area contributed by atoms with E-state index in [4.69, 9.17) is 4.74 Å². The van der Waals surface area contributed by atoms with Gasteiger partial charge in [-0.25, -0.2) is 0 Å². The smallest absolute Gasteiger partial charge is 0.121 e. The largest absolute Gasteiger partial charge is 0.496 e. The van der Waals surface area contributed by atoms with Gasteiger partial charge in [-0.05, 0) is 42.7 Å². The van der Waals surface area contributed by atoms with Crippen LogP contribution in [0, 0.1) is 6.92 Å². The Morgan fingerprint density at radius 1 is 1.32 bits per heavy atom. The summed E-state index contributed by atoms with van der Waals surface area (Å²) in [5.41, 5.74) is 3.62. The SMILES string of the molecule is COc1ccc(CNC(C)c2cccnc2)cc1C. The topological polar surface area (TPSA) is 34.1 Å². The number of hydrogen-bond donors (Lipinski definition) is 1. The molecule has 0 saturated heterocycles. The summed E-state index contributed by atoms with van der Waals surface area (Å²) in [5.74, 6) is 0.934. The first-order chi connectivity index (χ1) is 9.20. The monoisotopic (exact) mass is 256 g/mol. The molecule has 3 heteroatoms. The van der Waals surface area contributed by atoms with Gasteiger partial charge in [0.1, 0.15) is 5.75 Å². The number of aromatic nitrogens is 1. The van der Waals surface area contributed by atoms with Gasteiger partial charge in [-0.3, -0.25) is 4.98 Å². The number of nitrogens with one attached hydrogen (secondary N) is 1. The van der Waals surface area contributed by atoms with Crippen LogP contribution in [0.15, 0.2) is 42.7 Å². The van der Waals surface area contributed by atoms with Crippen molar-refractivity contribution in [2.75, 3.05) is 7.11 Å². The van der Waals surface area contributed by atoms with E-state index in [1.54, 1.807) is 13.3 Å². The Labute approximate surface area is 114 Å². The Morgan fingerprint density at radius 2 is 2.16 bits per heavy atom. The van der Waals surface area contributed by atoms with Crippen molar-refractivity contribution >= 4 is 0 Å². The second kappa shape index (κ2) is 6.34. The lowest BCUT2D eigenvalue weighted by molar-refractivity contribution is 0.411. The molecule has 0 fully saturated rings. The Bertz CT molecular complexity index is 526. The molecule has 0 bridgehead atoms. The van der Waals surface area contributed by atoms with E-state index in [2.05, 4.69) is 42.3 Å². The fourth-order valence-electron chi connectivity index (χ4n) is 2.07. The van der Waals surface area contributed by atoms with Gasteiger partial charge in [0.2, 0.25) is 0 Å². The summed E-state index contributed by atoms with van der Waals surface area (Å²) in [7, 11) is 1.70. The Morgan fingerprint density at radius 3 is 2.79 bits per heavy atom. The fourth-order valence-corrected chi connectivity index (χ4v) is 2.07. The van der Waals surface area contributed by atoms with Crippen molar-refractivity contribution in [1.82, 2.24) is 10.3 Å². The van der Waals surface area contributed by atoms with Gasteiger partial charge in [0.05, 0.1) is 7.11 Å². The summed E-state index contributed by atoms with van der Waals surface area (Å²) in [5, 5.41) is 3.50. The van der Waals surface area contributed by atoms with Crippen LogP contribution in [0.3, 0.4) is 0 Å². The third kappa shape index (κ3) is 3.55. The number of ether oxygens (including phenoxy) is 1. The first kappa shape index (κ1) is 13.6. The van der Waals surface area contributed by atoms with Gasteiger partial charge >= 0.3 is 0 Å². The number of methoxy groups -OCH3 is 1. The number of hydrogen-bond acceptors (Lipinski definition) is 3. The Hall–Kier alpha value is -1.87. The summed E-state index contributed by atoms with van der Waals surface area (Å²) in [4.78, 5) is 4.14. The Kier molecular flexibility index (Phi) is 4.53. The molecule has 1 N–H and O–H groups in total. The van der Waals surface area contributed by atoms with Gasteiger partial charge in [0.15, 0.2) is 0 Å². The van der Waals surface area contributed by atoms with E-state index >= 15 is 0 Å². The molecule has 1 atom stereocenters. The summed E-state index contributed by atoms with van der Waals surface area (Å²) < 4.78 is 5.27. The predicted octanol–water partition coefficient (Wildman–Crippen LogP) is 3.25. The van der Waals surface area contributed by atoms with Crippen molar-refractivity contribution in [2.45, 2.75) is 26.4 Å². The average molecular weight is 256 g/mol. The molecular weight excluding hydrogens is 236 g/mol. The number of nitrogens with zero attached hydrogens (tertiary/aromatic N) is 1. The van der Waals surface area contributed by atoms with Crippen LogP contribution in [0.25, 0.3) is 0 Å². The molecule has 2 rings (SSSR count). The molecular formula is C16H20N2O. The van der Waals surface area contributed by atoms with Gasteiger partial charge in [-0.15, -0.1) is 0 Å². The fraction of sp³-hybridized carbons (Fsp3) is 0.312. The van der Waals surface area contributed by atoms with Gasteiger partial charge in [-0.1, -0.05) is 18.2 Å². The second-order valence-electron chi connectivity index (χ2n) is 4.69. The van der Waals surface area contributed by atoms with E-state index in [-0.39, 0.29) is 6.04 Å². The molecule has 0 aliphatic rings. The van der Waals surface area contributed by atoms with E-state index in [1.165, 1.54) is 11.1 Å². The maximum absolute atomic E-state index is 5.27. The minimum atomic E-state index is 0.288. The summed E-state index contributed by atoms with van der Waals surface area (Å²) >= 11 is 0. The molecule has 1 aromatic heterocycles. The standard InChI is InChI=1S/C16H20N2O/c1-12-9-14(6-7-16(12)19-3)10-18-13(2)15-5-4-8-17-11-15/h4-9,11,13,18H,10H2,1-3H3. The average Bonchev–Trinajstić information content (AvgIpc) is 2.46. The van der Waals surface area contributed by atoms with E-state index in [0.717, 1.165) is 17.9 Å². The van der Waals surface area contributed by atoms with Crippen LogP contribution in [0.2, 0.25) is 0 Å². The van der Waals surface area contributed by atoms with Crippen LogP contribution in [-0.4, -0.2) is 12.1 Å². The highest BCUT2D eigenvalue weighted by Gasteiger charge is 2.05. The number of pyridine rings is 1. The predicted molar refractivity (Wildman–Crippen MR) is 77.2 cm³/mol. The van der Waals surface area contributed by atoms with Crippen molar-refractivity contribution in [3.8, 4) is 5.75 Å². The third-order valence-corrected chi connectivity index (χ3v) is 3.26. The second-order valence-corrected chi connectivity index (χ2v) is 4.69. The minimum Gasteiger partial charge on any atom is -0.496 e. The molecule has 0 saturated carbocycles. The highest BCUT2D eigenvalue weighted by molar-refractivity contribution is 5.36. The van der Waals surface area contributed by atoms with E-state index in [9.17, 15) is 0 Å². The lowest BCUT2D eigenvalue weighted by atomic mass is 10.1. The quantitative estimate of drug-likeness (QED) is 0.891. The molecule has 1 aromatic carbocycles. The van der Waals surface area contributed by atoms with Crippen LogP contribution in [0.1, 0.15) is 29.7 Å². The number of benzene rings is 1. The third-order valence-electron chi connectivity index (χ3n) is 3.26. The van der Waals surface area contributed by atoms with Crippen molar-refractivity contribution in [2.24, 2.45) is 0 Å². The lowest BCUT2D eigenvalue weighted by Gasteiger charge is -2.14. The summed E-state index contributed by atoms with van der Waals surface area (Å²) in [6.45, 7) is 5.04. The number of rotatable bonds is 5. The zero-order chi connectivity index (χ0) is 13.7. The minimum absolute atomic E-state index is 0.288. The van der Waals surface area contributed by atoms with E-state index < -0.39 is 0 Å². The first-order valence-electron chi connectivity index (χ1n) is 6.47. The molecule has 19 heavy (non-hydrogen) atoms. The zero-order valence-corrected chi connectivity index (χ0v) is 11.7. The van der Waals surface area contributed by atoms with Crippen molar-refractivity contribution in [1.29, 1.82) is 0 Å². The summed E-state index contributed by atoms with van der Waals surface area (Å²) in [6, 6.07) is 10.6. The lowest BCUT2D eigenvalue weighted by Crippen LogP contribution is -2.18. The van der Waals surface area contributed by atoms with Gasteiger partial charge < -0.3 is 10.1 Å². The maximum Gasteiger partial charge on any atom is 0.121 e. The molecule has 1 unspecified atom stereocenters. The van der Waals surface area contributed by atoms with E-state index in [1.807, 2.05) is 18.3 Å². The van der Waals surface area contributed by atoms with Crippen LogP contribution >= 0.6 is 0 Å². The van der Waals surface area contributed by atoms with Gasteiger partial charge in [0, 0.05) is 25.0 Å². The highest BCUT2D eigenvalue weighted by atomic mass is 16.5. The molecule has 2 aromatic rings. The van der Waals surface area contributed by atoms with Gasteiger partial charge in [-0.2, -0.15) is 0 Å². The van der Waals surface area contributed by atoms with Gasteiger partial charge in [0.25, 0.3) is 0 Å². The van der Waals surface area contributed by atoms with Crippen molar-refractivity contribution in [3.05, 3.63) is 59.4 Å². The molecule has 0 aliphatic carbocycles. The van der Waals surface area contributed by atoms with Crippen LogP contribution in [-0.2, 0) is 6.54 Å². The molecule has 0 aliphatic heterocycles. The van der Waals surface area contributed by atoms with Crippen molar-refractivity contribution < 1.29 is 4.74 Å². The molecule has 1 heterocycles. The van der Waals surface area contributed by atoms with Crippen LogP contribution < -0.4 is 10.1 Å². The van der Waals surface area contributed by atoms with Crippen molar-refractivity contribution in [3.63, 3.8) is 0 Å². The Balaban J connectivity index is 1.97. The van der Waals surface area contributed by atoms with Crippen LogP contribution in [0.4, 0.5) is 0 Å². The number of aryl methyl sites for hydroxylation is 1. The zero-order valence-electron chi connectivity index (χ0n) is 11.7. The molecule has 0 spiro atoms. The van der Waals surface area contributed by atoms with E-state index in [0.29, 0.717) is 0 Å². The molecule has 3 nitrogen and oxygen atoms in total. The summed E-state index contributed by atoms with van der Waals surface area (Å²) in [6.07, 6.45) is 3.69. The molecule has 100 valence electrons. The normalized spacial score (nSPS) is 12.2.